The minimum Gasteiger partial charge on any atom is -0.493 e. The molecule has 0 aliphatic carbocycles. The molecular weight excluding hydrogens is 336 g/mol. The maximum absolute atomic E-state index is 10.6. The average molecular weight is 355 g/mol. The number of aromatic hydroxyl groups is 1. The molecule has 0 fully saturated rings. The Bertz CT molecular complexity index is 926. The Morgan fingerprint density at radius 1 is 1.17 bits per heavy atom. The third-order valence-electron chi connectivity index (χ3n) is 3.84. The highest BCUT2D eigenvalue weighted by atomic mass is 32.1. The summed E-state index contributed by atoms with van der Waals surface area (Å²) in [7, 11) is 0. The lowest BCUT2D eigenvalue weighted by atomic mass is 10.1. The summed E-state index contributed by atoms with van der Waals surface area (Å²) in [6.45, 7) is 4.05. The van der Waals surface area contributed by atoms with Gasteiger partial charge in [-0.1, -0.05) is 53.8 Å². The van der Waals surface area contributed by atoms with Crippen molar-refractivity contribution in [2.24, 2.45) is 4.99 Å². The Morgan fingerprint density at radius 3 is 2.62 bits per heavy atom. The molecule has 1 aromatic heterocycles. The number of aliphatic imine (C=N–C) groups is 1. The Morgan fingerprint density at radius 2 is 1.92 bits per heavy atom. The number of thiazole rings is 1. The molecule has 3 aromatic rings. The van der Waals surface area contributed by atoms with Gasteiger partial charge in [-0.15, -0.1) is 0 Å². The number of aromatic nitrogens is 1. The molecule has 5 heteroatoms. The molecule has 2 aromatic carbocycles. The summed E-state index contributed by atoms with van der Waals surface area (Å²) in [5, 5.41) is 10.6. The van der Waals surface area contributed by atoms with Gasteiger partial charge in [0.05, 0.1) is 17.9 Å². The summed E-state index contributed by atoms with van der Waals surface area (Å²) < 4.78 is 2.40. The van der Waals surface area contributed by atoms with Crippen LogP contribution < -0.4 is 0 Å². The molecular formula is C19H18N2OS2. The predicted octanol–water partition coefficient (Wildman–Crippen LogP) is 5.65. The largest absolute Gasteiger partial charge is 0.493 e. The molecule has 0 bridgehead atoms. The minimum atomic E-state index is -0.0314. The summed E-state index contributed by atoms with van der Waals surface area (Å²) in [4.78, 5) is 5.12. The second kappa shape index (κ2) is 7.11. The quantitative estimate of drug-likeness (QED) is 0.485. The number of hydrogen-bond acceptors (Lipinski definition) is 4. The molecule has 122 valence electrons. The predicted molar refractivity (Wildman–Crippen MR) is 103 cm³/mol. The lowest BCUT2D eigenvalue weighted by Crippen LogP contribution is -2.06. The normalized spacial score (nSPS) is 12.6. The first-order valence-electron chi connectivity index (χ1n) is 7.66. The van der Waals surface area contributed by atoms with Gasteiger partial charge in [-0.3, -0.25) is 9.56 Å². The lowest BCUT2D eigenvalue weighted by molar-refractivity contribution is 0.405. The third-order valence-corrected chi connectivity index (χ3v) is 5.17. The van der Waals surface area contributed by atoms with Crippen LogP contribution in [0.15, 0.2) is 59.6 Å². The number of aryl methyl sites for hydroxylation is 1. The Kier molecular flexibility index (Phi) is 4.92. The van der Waals surface area contributed by atoms with Crippen molar-refractivity contribution in [3.8, 4) is 5.88 Å². The summed E-state index contributed by atoms with van der Waals surface area (Å²) in [5.74, 6) is 0.165. The van der Waals surface area contributed by atoms with Gasteiger partial charge in [0.2, 0.25) is 5.88 Å². The molecule has 3 nitrogen and oxygen atoms in total. The zero-order valence-corrected chi connectivity index (χ0v) is 15.1. The smallest absolute Gasteiger partial charge is 0.212 e. The maximum Gasteiger partial charge on any atom is 0.212 e. The van der Waals surface area contributed by atoms with Crippen LogP contribution in [0.5, 0.6) is 5.88 Å². The van der Waals surface area contributed by atoms with E-state index in [1.165, 1.54) is 11.3 Å². The average Bonchev–Trinajstić information content (AvgIpc) is 2.87. The number of rotatable bonds is 4. The van der Waals surface area contributed by atoms with Gasteiger partial charge < -0.3 is 5.11 Å². The third kappa shape index (κ3) is 3.47. The van der Waals surface area contributed by atoms with E-state index in [0.717, 1.165) is 16.8 Å². The first-order chi connectivity index (χ1) is 11.6. The van der Waals surface area contributed by atoms with Crippen molar-refractivity contribution in [3.05, 3.63) is 74.6 Å². The van der Waals surface area contributed by atoms with E-state index in [0.29, 0.717) is 8.83 Å². The molecule has 0 saturated heterocycles. The van der Waals surface area contributed by atoms with Crippen LogP contribution in [0.2, 0.25) is 0 Å². The van der Waals surface area contributed by atoms with Gasteiger partial charge in [0, 0.05) is 0 Å². The van der Waals surface area contributed by atoms with Crippen LogP contribution >= 0.6 is 23.6 Å². The Hall–Kier alpha value is -2.24. The first-order valence-corrected chi connectivity index (χ1v) is 8.88. The number of benzene rings is 2. The molecule has 1 atom stereocenters. The summed E-state index contributed by atoms with van der Waals surface area (Å²) in [6, 6.07) is 17.9. The van der Waals surface area contributed by atoms with E-state index >= 15 is 0 Å². The van der Waals surface area contributed by atoms with E-state index in [1.54, 1.807) is 10.8 Å². The molecule has 3 rings (SSSR count). The van der Waals surface area contributed by atoms with E-state index in [2.05, 4.69) is 4.99 Å². The SMILES string of the molecule is Cc1cccc(N=Cc2sc(=S)n([C@@H](C)c3ccccc3)c2O)c1. The summed E-state index contributed by atoms with van der Waals surface area (Å²) >= 11 is 6.81. The monoisotopic (exact) mass is 354 g/mol. The van der Waals surface area contributed by atoms with Crippen molar-refractivity contribution in [1.29, 1.82) is 0 Å². The molecule has 0 spiro atoms. The van der Waals surface area contributed by atoms with Gasteiger partial charge in [-0.2, -0.15) is 0 Å². The van der Waals surface area contributed by atoms with Gasteiger partial charge in [-0.05, 0) is 49.3 Å². The molecule has 0 aliphatic rings. The molecule has 0 amide bonds. The van der Waals surface area contributed by atoms with E-state index in [-0.39, 0.29) is 11.9 Å². The van der Waals surface area contributed by atoms with Crippen LogP contribution in [0.3, 0.4) is 0 Å². The second-order valence-corrected chi connectivity index (χ2v) is 7.29. The van der Waals surface area contributed by atoms with Crippen LogP contribution in [0.1, 0.15) is 29.0 Å². The van der Waals surface area contributed by atoms with Gasteiger partial charge >= 0.3 is 0 Å². The zero-order chi connectivity index (χ0) is 17.1. The fourth-order valence-electron chi connectivity index (χ4n) is 2.54. The molecule has 0 aliphatic heterocycles. The molecule has 1 N–H and O–H groups in total. The highest BCUT2D eigenvalue weighted by Gasteiger charge is 2.16. The van der Waals surface area contributed by atoms with Crippen LogP contribution in [-0.4, -0.2) is 15.9 Å². The fourth-order valence-corrected chi connectivity index (χ4v) is 3.88. The van der Waals surface area contributed by atoms with Crippen molar-refractivity contribution in [3.63, 3.8) is 0 Å². The minimum absolute atomic E-state index is 0.0314. The summed E-state index contributed by atoms with van der Waals surface area (Å²) in [6.07, 6.45) is 1.68. The molecule has 0 unspecified atom stereocenters. The van der Waals surface area contributed by atoms with Crippen molar-refractivity contribution in [2.45, 2.75) is 19.9 Å². The zero-order valence-electron chi connectivity index (χ0n) is 13.5. The van der Waals surface area contributed by atoms with Crippen LogP contribution in [0, 0.1) is 10.9 Å². The topological polar surface area (TPSA) is 37.5 Å². The number of hydrogen-bond donors (Lipinski definition) is 1. The highest BCUT2D eigenvalue weighted by molar-refractivity contribution is 7.73. The lowest BCUT2D eigenvalue weighted by Gasteiger charge is -2.14. The van der Waals surface area contributed by atoms with Crippen molar-refractivity contribution in [1.82, 2.24) is 4.57 Å². The molecule has 1 heterocycles. The molecule has 0 radical (unpaired) electrons. The second-order valence-electron chi connectivity index (χ2n) is 5.61. The van der Waals surface area contributed by atoms with Gasteiger partial charge in [0.1, 0.15) is 4.88 Å². The number of nitrogens with zero attached hydrogens (tertiary/aromatic N) is 2. The van der Waals surface area contributed by atoms with Crippen LogP contribution in [0.25, 0.3) is 0 Å². The fraction of sp³-hybridized carbons (Fsp3) is 0.158. The Labute approximate surface area is 150 Å². The van der Waals surface area contributed by atoms with E-state index in [9.17, 15) is 5.11 Å². The van der Waals surface area contributed by atoms with Gasteiger partial charge in [0.15, 0.2) is 3.95 Å². The van der Waals surface area contributed by atoms with Crippen molar-refractivity contribution < 1.29 is 5.11 Å². The van der Waals surface area contributed by atoms with Gasteiger partial charge in [0.25, 0.3) is 0 Å². The van der Waals surface area contributed by atoms with E-state index in [1.807, 2.05) is 68.4 Å². The Balaban J connectivity index is 1.94. The standard InChI is InChI=1S/C19H18N2OS2/c1-13-7-6-10-16(11-13)20-12-17-18(22)21(19(23)24-17)14(2)15-8-4-3-5-9-15/h3-12,14,22H,1-2H3/t14-/m0/s1. The van der Waals surface area contributed by atoms with E-state index < -0.39 is 0 Å². The summed E-state index contributed by atoms with van der Waals surface area (Å²) in [5.41, 5.74) is 3.11. The molecule has 0 saturated carbocycles. The highest BCUT2D eigenvalue weighted by Crippen LogP contribution is 2.31. The van der Waals surface area contributed by atoms with Crippen molar-refractivity contribution >= 4 is 35.5 Å². The molecule has 24 heavy (non-hydrogen) atoms. The van der Waals surface area contributed by atoms with Gasteiger partial charge in [-0.25, -0.2) is 0 Å². The van der Waals surface area contributed by atoms with E-state index in [4.69, 9.17) is 12.2 Å². The first kappa shape index (κ1) is 16.6. The van der Waals surface area contributed by atoms with Crippen molar-refractivity contribution in [2.75, 3.05) is 0 Å². The maximum atomic E-state index is 10.6. The van der Waals surface area contributed by atoms with Crippen LogP contribution in [0.4, 0.5) is 5.69 Å². The van der Waals surface area contributed by atoms with Crippen LogP contribution in [-0.2, 0) is 0 Å².